The second-order valence-corrected chi connectivity index (χ2v) is 20.9. The molecule has 3 aromatic heterocycles. The Labute approximate surface area is 388 Å². The van der Waals surface area contributed by atoms with Gasteiger partial charge in [-0.2, -0.15) is 0 Å². The first-order chi connectivity index (χ1) is 35.5. The molecule has 4 heteroatoms. The van der Waals surface area contributed by atoms with Crippen molar-refractivity contribution >= 4 is 104 Å². The van der Waals surface area contributed by atoms with Crippen LogP contribution in [0.4, 0.5) is 0 Å². The van der Waals surface area contributed by atoms with Crippen LogP contribution in [0.3, 0.4) is 0 Å². The van der Waals surface area contributed by atoms with Crippen molar-refractivity contribution in [2.45, 2.75) is 0 Å². The minimum absolute atomic E-state index is 0.0370. The molecule has 0 N–H and O–H groups in total. The third-order valence-electron chi connectivity index (χ3n) is 12.8. The lowest BCUT2D eigenvalue weighted by molar-refractivity contribution is 1.18. The standard InChI is InChI=1S/C60H40N2SSi/c1-4-20-41(21-5-1)42-22-18-28-46(38-42)64(44-24-6-2-7-25-44,45-26-8-3-9-27-45)47-29-19-23-43(39-47)61-53-34-14-12-32-50(53)52-40-56(60-58(59(52)61)51-33-13-17-37-57(51)63-60)62-54-35-15-10-30-48(54)49-31-11-16-36-55(49)62/h1-40H/i1D,4D,5D,19D,20D,21D,23D,29D,39D. The monoisotopic (exact) mass is 857 g/mol. The van der Waals surface area contributed by atoms with Gasteiger partial charge >= 0.3 is 0 Å². The van der Waals surface area contributed by atoms with Crippen LogP contribution in [0.25, 0.3) is 86.3 Å². The summed E-state index contributed by atoms with van der Waals surface area (Å²) >= 11 is 1.70. The molecule has 0 amide bonds. The topological polar surface area (TPSA) is 9.86 Å². The lowest BCUT2D eigenvalue weighted by Crippen LogP contribution is -2.74. The quantitative estimate of drug-likeness (QED) is 0.112. The molecule has 0 atom stereocenters. The van der Waals surface area contributed by atoms with E-state index in [9.17, 15) is 5.48 Å². The van der Waals surface area contributed by atoms with E-state index in [4.69, 9.17) is 6.85 Å². The fourth-order valence-electron chi connectivity index (χ4n) is 10.1. The highest BCUT2D eigenvalue weighted by Gasteiger charge is 2.42. The molecule has 13 rings (SSSR count). The van der Waals surface area contributed by atoms with Gasteiger partial charge in [0.25, 0.3) is 0 Å². The molecule has 0 aliphatic heterocycles. The van der Waals surface area contributed by atoms with Gasteiger partial charge in [0.15, 0.2) is 8.07 Å². The molecule has 10 aromatic carbocycles. The van der Waals surface area contributed by atoms with Crippen LogP contribution in [0.5, 0.6) is 0 Å². The molecule has 2 nitrogen and oxygen atoms in total. The second-order valence-electron chi connectivity index (χ2n) is 16.1. The molecule has 300 valence electrons. The van der Waals surface area contributed by atoms with E-state index in [-0.39, 0.29) is 47.5 Å². The Bertz CT molecular complexity index is 4330. The van der Waals surface area contributed by atoms with Crippen LogP contribution in [-0.2, 0) is 0 Å². The van der Waals surface area contributed by atoms with Crippen molar-refractivity contribution in [1.29, 1.82) is 0 Å². The minimum Gasteiger partial charge on any atom is -0.309 e. The largest absolute Gasteiger partial charge is 0.309 e. The molecule has 0 saturated heterocycles. The third kappa shape index (κ3) is 5.43. The summed E-state index contributed by atoms with van der Waals surface area (Å²) in [7, 11) is -3.99. The van der Waals surface area contributed by atoms with Crippen molar-refractivity contribution in [3.8, 4) is 22.5 Å². The van der Waals surface area contributed by atoms with Crippen LogP contribution in [-0.4, -0.2) is 17.2 Å². The van der Waals surface area contributed by atoms with Gasteiger partial charge in [-0.1, -0.05) is 200 Å². The summed E-state index contributed by atoms with van der Waals surface area (Å²) in [6.07, 6.45) is 0. The lowest BCUT2D eigenvalue weighted by atomic mass is 10.1. The molecule has 0 radical (unpaired) electrons. The van der Waals surface area contributed by atoms with Crippen molar-refractivity contribution in [1.82, 2.24) is 9.13 Å². The second kappa shape index (κ2) is 14.7. The maximum absolute atomic E-state index is 10.9. The van der Waals surface area contributed by atoms with E-state index in [0.29, 0.717) is 15.9 Å². The highest BCUT2D eigenvalue weighted by Crippen LogP contribution is 2.47. The maximum Gasteiger partial charge on any atom is 0.179 e. The molecule has 0 aliphatic carbocycles. The number of fused-ring (bicyclic) bond motifs is 10. The Morgan fingerprint density at radius 1 is 0.406 bits per heavy atom. The molecule has 64 heavy (non-hydrogen) atoms. The van der Waals surface area contributed by atoms with Gasteiger partial charge in [-0.3, -0.25) is 0 Å². The Balaban J connectivity index is 1.19. The molecule has 0 unspecified atom stereocenters. The Hall–Kier alpha value is -7.76. The van der Waals surface area contributed by atoms with Crippen molar-refractivity contribution in [3.05, 3.63) is 242 Å². The number of nitrogens with zero attached hydrogens (tertiary/aromatic N) is 2. The number of para-hydroxylation sites is 3. The van der Waals surface area contributed by atoms with E-state index in [0.717, 1.165) is 79.8 Å². The zero-order chi connectivity index (χ0) is 50.0. The van der Waals surface area contributed by atoms with E-state index in [1.807, 2.05) is 108 Å². The number of hydrogen-bond donors (Lipinski definition) is 0. The van der Waals surface area contributed by atoms with E-state index >= 15 is 0 Å². The van der Waals surface area contributed by atoms with Crippen molar-refractivity contribution in [2.75, 3.05) is 0 Å². The molecule has 0 saturated carbocycles. The Morgan fingerprint density at radius 2 is 0.969 bits per heavy atom. The van der Waals surface area contributed by atoms with Crippen LogP contribution in [0, 0.1) is 0 Å². The van der Waals surface area contributed by atoms with Crippen LogP contribution >= 0.6 is 11.3 Å². The fraction of sp³-hybridized carbons (Fsp3) is 0. The first-order valence-electron chi connectivity index (χ1n) is 25.8. The van der Waals surface area contributed by atoms with Crippen LogP contribution in [0.15, 0.2) is 242 Å². The Morgan fingerprint density at radius 3 is 1.64 bits per heavy atom. The van der Waals surface area contributed by atoms with E-state index < -0.39 is 26.2 Å². The van der Waals surface area contributed by atoms with Crippen LogP contribution in [0.1, 0.15) is 12.3 Å². The van der Waals surface area contributed by atoms with Crippen molar-refractivity contribution < 1.29 is 12.3 Å². The molecule has 0 aliphatic rings. The smallest absolute Gasteiger partial charge is 0.179 e. The van der Waals surface area contributed by atoms with Crippen LogP contribution < -0.4 is 20.7 Å². The zero-order valence-corrected chi connectivity index (χ0v) is 36.0. The highest BCUT2D eigenvalue weighted by atomic mass is 32.1. The molecule has 0 fully saturated rings. The Kier molecular flexibility index (Phi) is 6.59. The van der Waals surface area contributed by atoms with Gasteiger partial charge in [0, 0.05) is 42.7 Å². The molecule has 3 heterocycles. The number of thiophene rings is 1. The van der Waals surface area contributed by atoms with Gasteiger partial charge in [0.1, 0.15) is 0 Å². The highest BCUT2D eigenvalue weighted by molar-refractivity contribution is 7.26. The van der Waals surface area contributed by atoms with Gasteiger partial charge in [0.2, 0.25) is 0 Å². The average Bonchev–Trinajstić information content (AvgIpc) is 4.09. The van der Waals surface area contributed by atoms with Crippen molar-refractivity contribution in [2.24, 2.45) is 0 Å². The summed E-state index contributed by atoms with van der Waals surface area (Å²) in [6.45, 7) is 0. The number of aromatic nitrogens is 2. The van der Waals surface area contributed by atoms with Gasteiger partial charge in [0.05, 0.1) is 44.8 Å². The zero-order valence-electron chi connectivity index (χ0n) is 43.2. The minimum atomic E-state index is -3.99. The van der Waals surface area contributed by atoms with Crippen LogP contribution in [0.2, 0.25) is 0 Å². The van der Waals surface area contributed by atoms with E-state index in [1.54, 1.807) is 23.5 Å². The van der Waals surface area contributed by atoms with E-state index in [2.05, 4.69) is 77.4 Å². The number of hydrogen-bond acceptors (Lipinski definition) is 1. The summed E-state index contributed by atoms with van der Waals surface area (Å²) in [6, 6.07) is 59.4. The predicted octanol–water partition coefficient (Wildman–Crippen LogP) is 13.3. The van der Waals surface area contributed by atoms with Gasteiger partial charge in [-0.05, 0) is 74.3 Å². The normalized spacial score (nSPS) is 14.0. The first-order valence-corrected chi connectivity index (χ1v) is 24.1. The molecular formula is C60H40N2SSi. The summed E-state index contributed by atoms with van der Waals surface area (Å²) in [5, 5.41) is 8.62. The molecule has 0 spiro atoms. The molecular weight excluding hydrogens is 809 g/mol. The molecule has 13 aromatic rings. The lowest BCUT2D eigenvalue weighted by Gasteiger charge is -2.35. The van der Waals surface area contributed by atoms with Crippen molar-refractivity contribution in [3.63, 3.8) is 0 Å². The fourth-order valence-corrected chi connectivity index (χ4v) is 15.9. The SMILES string of the molecule is [2H]c1c([2H])c([2H])c(-c2cccc([Si](c3ccccc3)(c3ccccc3)c3c([2H])c([2H])c([2H])c(-n4c5ccccc5c5cc(-n6c7ccccc7c7ccccc76)c6sc7ccccc7c6c54)c3[2H])c2)c([2H])c1[2H]. The average molecular weight is 858 g/mol. The number of rotatable bonds is 7. The summed E-state index contributed by atoms with van der Waals surface area (Å²) in [5.41, 5.74) is 5.27. The predicted molar refractivity (Wildman–Crippen MR) is 277 cm³/mol. The third-order valence-corrected chi connectivity index (χ3v) is 18.6. The summed E-state index contributed by atoms with van der Waals surface area (Å²) in [5.74, 6) is 0. The van der Waals surface area contributed by atoms with Gasteiger partial charge < -0.3 is 9.13 Å². The van der Waals surface area contributed by atoms with Gasteiger partial charge in [-0.25, -0.2) is 0 Å². The molecule has 0 bridgehead atoms. The first kappa shape index (κ1) is 28.8. The number of benzene rings is 10. The maximum atomic E-state index is 10.9. The summed E-state index contributed by atoms with van der Waals surface area (Å²) < 4.78 is 90.8. The van der Waals surface area contributed by atoms with E-state index in [1.165, 1.54) is 0 Å². The summed E-state index contributed by atoms with van der Waals surface area (Å²) in [4.78, 5) is 0. The van der Waals surface area contributed by atoms with Gasteiger partial charge in [-0.15, -0.1) is 11.3 Å².